The van der Waals surface area contributed by atoms with Crippen molar-refractivity contribution >= 4 is 11.6 Å². The molecule has 3 N–H and O–H groups in total. The number of hydrogen-bond donors (Lipinski definition) is 3. The van der Waals surface area contributed by atoms with Crippen molar-refractivity contribution in [2.24, 2.45) is 0 Å². The molecule has 2 aromatic rings. The second-order valence-electron chi connectivity index (χ2n) is 3.91. The quantitative estimate of drug-likeness (QED) is 0.750. The molecule has 1 aromatic heterocycles. The smallest absolute Gasteiger partial charge is 0.273 e. The molecule has 1 heterocycles. The first-order valence-electron chi connectivity index (χ1n) is 5.90. The lowest BCUT2D eigenvalue weighted by atomic mass is 10.2. The van der Waals surface area contributed by atoms with Gasteiger partial charge in [0.2, 0.25) is 0 Å². The maximum atomic E-state index is 11.8. The number of hydrogen-bond acceptors (Lipinski definition) is 3. The highest BCUT2D eigenvalue weighted by Crippen LogP contribution is 2.11. The third kappa shape index (κ3) is 3.18. The molecule has 0 saturated carbocycles. The van der Waals surface area contributed by atoms with Gasteiger partial charge in [-0.2, -0.15) is 5.10 Å². The van der Waals surface area contributed by atoms with E-state index in [1.807, 2.05) is 24.3 Å². The van der Waals surface area contributed by atoms with E-state index in [4.69, 9.17) is 0 Å². The van der Waals surface area contributed by atoms with Gasteiger partial charge >= 0.3 is 0 Å². The second kappa shape index (κ2) is 5.97. The van der Waals surface area contributed by atoms with Crippen LogP contribution in [0.4, 0.5) is 5.69 Å². The first-order chi connectivity index (χ1) is 8.79. The maximum absolute atomic E-state index is 11.8. The number of H-pyrrole nitrogens is 1. The van der Waals surface area contributed by atoms with Crippen LogP contribution in [0.25, 0.3) is 0 Å². The lowest BCUT2D eigenvalue weighted by Crippen LogP contribution is -2.14. The Morgan fingerprint density at radius 1 is 1.39 bits per heavy atom. The maximum Gasteiger partial charge on any atom is 0.273 e. The van der Waals surface area contributed by atoms with Gasteiger partial charge in [-0.05, 0) is 30.3 Å². The predicted molar refractivity (Wildman–Crippen MR) is 70.4 cm³/mol. The average Bonchev–Trinajstić information content (AvgIpc) is 2.91. The monoisotopic (exact) mass is 244 g/mol. The molecule has 0 aliphatic rings. The molecule has 0 spiro atoms. The molecule has 0 fully saturated rings. The molecule has 0 bridgehead atoms. The Balaban J connectivity index is 2.03. The van der Waals surface area contributed by atoms with Crippen molar-refractivity contribution in [3.63, 3.8) is 0 Å². The lowest BCUT2D eigenvalue weighted by Gasteiger charge is -2.07. The Kier molecular flexibility index (Phi) is 4.09. The predicted octanol–water partition coefficient (Wildman–Crippen LogP) is 1.77. The zero-order chi connectivity index (χ0) is 12.8. The van der Waals surface area contributed by atoms with E-state index in [1.54, 1.807) is 12.3 Å². The van der Waals surface area contributed by atoms with Gasteiger partial charge < -0.3 is 10.6 Å². The number of carbonyl (C=O) groups excluding carboxylic acids is 1. The van der Waals surface area contributed by atoms with Crippen molar-refractivity contribution in [2.75, 3.05) is 11.9 Å². The topological polar surface area (TPSA) is 69.8 Å². The van der Waals surface area contributed by atoms with Crippen LogP contribution in [0.15, 0.2) is 36.5 Å². The summed E-state index contributed by atoms with van der Waals surface area (Å²) >= 11 is 0. The number of carbonyl (C=O) groups is 1. The SMILES string of the molecule is CCNCc1cccc(NC(=O)c2ccn[nH]2)c1. The fourth-order valence-electron chi connectivity index (χ4n) is 1.61. The highest BCUT2D eigenvalue weighted by atomic mass is 16.1. The largest absolute Gasteiger partial charge is 0.321 e. The van der Waals surface area contributed by atoms with Gasteiger partial charge in [-0.3, -0.25) is 9.89 Å². The van der Waals surface area contributed by atoms with Crippen LogP contribution < -0.4 is 10.6 Å². The zero-order valence-electron chi connectivity index (χ0n) is 10.2. The Labute approximate surface area is 106 Å². The molecule has 0 atom stereocenters. The number of benzene rings is 1. The van der Waals surface area contributed by atoms with Gasteiger partial charge in [-0.1, -0.05) is 19.1 Å². The number of rotatable bonds is 5. The van der Waals surface area contributed by atoms with Gasteiger partial charge in [0.1, 0.15) is 5.69 Å². The number of amides is 1. The fourth-order valence-corrected chi connectivity index (χ4v) is 1.61. The van der Waals surface area contributed by atoms with E-state index in [-0.39, 0.29) is 5.91 Å². The molecule has 94 valence electrons. The molecule has 1 aromatic carbocycles. The van der Waals surface area contributed by atoms with E-state index < -0.39 is 0 Å². The van der Waals surface area contributed by atoms with Crippen LogP contribution in [0.1, 0.15) is 23.0 Å². The van der Waals surface area contributed by atoms with E-state index in [9.17, 15) is 4.79 Å². The summed E-state index contributed by atoms with van der Waals surface area (Å²) in [6, 6.07) is 9.40. The van der Waals surface area contributed by atoms with Crippen molar-refractivity contribution in [3.05, 3.63) is 47.8 Å². The van der Waals surface area contributed by atoms with E-state index in [0.29, 0.717) is 5.69 Å². The minimum Gasteiger partial charge on any atom is -0.321 e. The minimum atomic E-state index is -0.187. The molecule has 0 radical (unpaired) electrons. The van der Waals surface area contributed by atoms with Gasteiger partial charge in [0.25, 0.3) is 5.91 Å². The number of nitrogens with zero attached hydrogens (tertiary/aromatic N) is 1. The third-order valence-electron chi connectivity index (χ3n) is 2.51. The van der Waals surface area contributed by atoms with Crippen molar-refractivity contribution in [1.29, 1.82) is 0 Å². The summed E-state index contributed by atoms with van der Waals surface area (Å²) in [5.74, 6) is -0.187. The summed E-state index contributed by atoms with van der Waals surface area (Å²) in [5.41, 5.74) is 2.37. The summed E-state index contributed by atoms with van der Waals surface area (Å²) in [7, 11) is 0. The number of aromatic nitrogens is 2. The first kappa shape index (κ1) is 12.3. The minimum absolute atomic E-state index is 0.187. The molecule has 18 heavy (non-hydrogen) atoms. The van der Waals surface area contributed by atoms with E-state index in [0.717, 1.165) is 24.3 Å². The Morgan fingerprint density at radius 2 is 2.28 bits per heavy atom. The molecule has 0 saturated heterocycles. The third-order valence-corrected chi connectivity index (χ3v) is 2.51. The van der Waals surface area contributed by atoms with Crippen molar-refractivity contribution in [1.82, 2.24) is 15.5 Å². The molecule has 5 nitrogen and oxygen atoms in total. The van der Waals surface area contributed by atoms with Crippen molar-refractivity contribution in [2.45, 2.75) is 13.5 Å². The zero-order valence-corrected chi connectivity index (χ0v) is 10.2. The van der Waals surface area contributed by atoms with Crippen LogP contribution in [0.5, 0.6) is 0 Å². The molecular weight excluding hydrogens is 228 g/mol. The summed E-state index contributed by atoms with van der Waals surface area (Å²) in [6.07, 6.45) is 1.55. The van der Waals surface area contributed by atoms with Crippen LogP contribution in [0, 0.1) is 0 Å². The van der Waals surface area contributed by atoms with Gasteiger partial charge in [-0.15, -0.1) is 0 Å². The number of nitrogens with one attached hydrogen (secondary N) is 3. The molecule has 0 aliphatic heterocycles. The molecule has 2 rings (SSSR count). The van der Waals surface area contributed by atoms with Crippen LogP contribution >= 0.6 is 0 Å². The van der Waals surface area contributed by atoms with Crippen LogP contribution in [-0.2, 0) is 6.54 Å². The second-order valence-corrected chi connectivity index (χ2v) is 3.91. The number of aromatic amines is 1. The fraction of sp³-hybridized carbons (Fsp3) is 0.231. The lowest BCUT2D eigenvalue weighted by molar-refractivity contribution is 0.102. The average molecular weight is 244 g/mol. The van der Waals surface area contributed by atoms with E-state index in [1.165, 1.54) is 0 Å². The summed E-state index contributed by atoms with van der Waals surface area (Å²) in [6.45, 7) is 3.78. The van der Waals surface area contributed by atoms with Gasteiger partial charge in [0, 0.05) is 18.4 Å². The van der Waals surface area contributed by atoms with Crippen LogP contribution in [-0.4, -0.2) is 22.6 Å². The van der Waals surface area contributed by atoms with E-state index >= 15 is 0 Å². The normalized spacial score (nSPS) is 10.3. The highest BCUT2D eigenvalue weighted by molar-refractivity contribution is 6.02. The van der Waals surface area contributed by atoms with Crippen LogP contribution in [0.3, 0.4) is 0 Å². The molecular formula is C13H16N4O. The Morgan fingerprint density at radius 3 is 3.00 bits per heavy atom. The van der Waals surface area contributed by atoms with Crippen molar-refractivity contribution < 1.29 is 4.79 Å². The molecule has 1 amide bonds. The molecule has 5 heteroatoms. The Hall–Kier alpha value is -2.14. The molecule has 0 aliphatic carbocycles. The van der Waals surface area contributed by atoms with Gasteiger partial charge in [0.15, 0.2) is 0 Å². The summed E-state index contributed by atoms with van der Waals surface area (Å²) in [4.78, 5) is 11.8. The highest BCUT2D eigenvalue weighted by Gasteiger charge is 2.06. The summed E-state index contributed by atoms with van der Waals surface area (Å²) < 4.78 is 0. The Bertz CT molecular complexity index is 507. The molecule has 0 unspecified atom stereocenters. The number of anilines is 1. The first-order valence-corrected chi connectivity index (χ1v) is 5.90. The standard InChI is InChI=1S/C13H16N4O/c1-2-14-9-10-4-3-5-11(8-10)16-13(18)12-6-7-15-17-12/h3-8,14H,2,9H2,1H3,(H,15,17)(H,16,18). The van der Waals surface area contributed by atoms with E-state index in [2.05, 4.69) is 27.8 Å². The van der Waals surface area contributed by atoms with Crippen molar-refractivity contribution in [3.8, 4) is 0 Å². The van der Waals surface area contributed by atoms with Crippen LogP contribution in [0.2, 0.25) is 0 Å². The summed E-state index contributed by atoms with van der Waals surface area (Å²) in [5, 5.41) is 12.4. The van der Waals surface area contributed by atoms with Gasteiger partial charge in [-0.25, -0.2) is 0 Å². The van der Waals surface area contributed by atoms with Gasteiger partial charge in [0.05, 0.1) is 0 Å².